The van der Waals surface area contributed by atoms with E-state index in [0.29, 0.717) is 13.0 Å². The average molecular weight is 371 g/mol. The largest absolute Gasteiger partial charge is 0.482 e. The first-order valence-electron chi connectivity index (χ1n) is 6.68. The van der Waals surface area contributed by atoms with Gasteiger partial charge in [0.15, 0.2) is 6.61 Å². The molecule has 10 heteroatoms. The molecule has 0 fully saturated rings. The summed E-state index contributed by atoms with van der Waals surface area (Å²) in [7, 11) is 1.14. The average Bonchev–Trinajstić information content (AvgIpc) is 2.50. The maximum absolute atomic E-state index is 12.3. The van der Waals surface area contributed by atoms with Gasteiger partial charge < -0.3 is 20.5 Å². The van der Waals surface area contributed by atoms with Gasteiger partial charge in [0.05, 0.1) is 18.4 Å². The molecule has 0 heterocycles. The second-order valence-corrected chi connectivity index (χ2v) is 4.55. The fraction of sp³-hybridized carbons (Fsp3) is 0.429. The van der Waals surface area contributed by atoms with E-state index in [9.17, 15) is 22.8 Å². The van der Waals surface area contributed by atoms with Gasteiger partial charge in [0, 0.05) is 6.42 Å². The molecule has 1 rings (SSSR count). The number of methoxy groups -OCH3 is 1. The number of ether oxygens (including phenoxy) is 2. The first kappa shape index (κ1) is 22.0. The highest BCUT2D eigenvalue weighted by molar-refractivity contribution is 5.95. The number of alkyl halides is 3. The van der Waals surface area contributed by atoms with E-state index in [4.69, 9.17) is 5.73 Å². The van der Waals surface area contributed by atoms with Crippen LogP contribution in [0.5, 0.6) is 5.75 Å². The Labute approximate surface area is 142 Å². The zero-order valence-electron chi connectivity index (χ0n) is 12.8. The maximum Gasteiger partial charge on any atom is 0.422 e. The van der Waals surface area contributed by atoms with E-state index < -0.39 is 24.7 Å². The van der Waals surface area contributed by atoms with E-state index in [2.05, 4.69) is 14.8 Å². The molecule has 0 aliphatic carbocycles. The number of hydrogen-bond acceptors (Lipinski definition) is 5. The van der Waals surface area contributed by atoms with Crippen molar-refractivity contribution in [2.45, 2.75) is 19.0 Å². The monoisotopic (exact) mass is 370 g/mol. The molecule has 0 aromatic heterocycles. The molecule has 3 N–H and O–H groups in total. The van der Waals surface area contributed by atoms with Gasteiger partial charge in [0.1, 0.15) is 5.75 Å². The Morgan fingerprint density at radius 3 is 2.50 bits per heavy atom. The lowest BCUT2D eigenvalue weighted by molar-refractivity contribution is -0.153. The summed E-state index contributed by atoms with van der Waals surface area (Å²) in [6, 6.07) is 3.67. The fourth-order valence-corrected chi connectivity index (χ4v) is 1.62. The standard InChI is InChI=1S/C14H17F3N2O4.ClH/c1-22-13(21)9-4-5-10(19-12(20)3-2-6-18)11(7-9)23-8-14(15,16)17;/h4-5,7H,2-3,6,8,18H2,1H3,(H,19,20);1H. The lowest BCUT2D eigenvalue weighted by Gasteiger charge is -2.15. The molecule has 1 aromatic carbocycles. The molecule has 24 heavy (non-hydrogen) atoms. The van der Waals surface area contributed by atoms with E-state index >= 15 is 0 Å². The Bertz CT molecular complexity index is 567. The molecule has 0 aliphatic rings. The predicted molar refractivity (Wildman–Crippen MR) is 83.5 cm³/mol. The summed E-state index contributed by atoms with van der Waals surface area (Å²) in [6.07, 6.45) is -4.00. The smallest absolute Gasteiger partial charge is 0.422 e. The number of nitrogens with two attached hydrogens (primary N) is 1. The minimum absolute atomic E-state index is 0. The number of carbonyl (C=O) groups excluding carboxylic acids is 2. The van der Waals surface area contributed by atoms with Crippen molar-refractivity contribution in [3.63, 3.8) is 0 Å². The van der Waals surface area contributed by atoms with Crippen molar-refractivity contribution in [1.82, 2.24) is 0 Å². The third-order valence-electron chi connectivity index (χ3n) is 2.68. The molecule has 0 bridgehead atoms. The second kappa shape index (κ2) is 9.99. The van der Waals surface area contributed by atoms with Gasteiger partial charge in [-0.05, 0) is 31.2 Å². The van der Waals surface area contributed by atoms with Gasteiger partial charge >= 0.3 is 12.1 Å². The molecule has 136 valence electrons. The molecule has 0 unspecified atom stereocenters. The first-order chi connectivity index (χ1) is 10.8. The number of benzene rings is 1. The molecule has 0 saturated carbocycles. The van der Waals surface area contributed by atoms with Crippen LogP contribution < -0.4 is 15.8 Å². The number of anilines is 1. The summed E-state index contributed by atoms with van der Waals surface area (Å²) in [6.45, 7) is -1.24. The zero-order chi connectivity index (χ0) is 17.5. The molecule has 1 aromatic rings. The van der Waals surface area contributed by atoms with Gasteiger partial charge in [-0.15, -0.1) is 12.4 Å². The number of esters is 1. The number of carbonyl (C=O) groups is 2. The Kier molecular flexibility index (Phi) is 9.16. The van der Waals surface area contributed by atoms with Crippen molar-refractivity contribution < 1.29 is 32.2 Å². The van der Waals surface area contributed by atoms with Crippen molar-refractivity contribution in [2.75, 3.05) is 25.6 Å². The minimum atomic E-state index is -4.55. The molecular formula is C14H18ClF3N2O4. The van der Waals surface area contributed by atoms with Crippen LogP contribution in [0.4, 0.5) is 18.9 Å². The fourth-order valence-electron chi connectivity index (χ4n) is 1.62. The predicted octanol–water partition coefficient (Wildman–Crippen LogP) is 2.51. The number of hydrogen-bond donors (Lipinski definition) is 2. The van der Waals surface area contributed by atoms with E-state index in [1.165, 1.54) is 12.1 Å². The lowest BCUT2D eigenvalue weighted by Crippen LogP contribution is -2.21. The van der Waals surface area contributed by atoms with Crippen LogP contribution in [0.25, 0.3) is 0 Å². The Hall–Kier alpha value is -2.00. The van der Waals surface area contributed by atoms with Crippen LogP contribution in [0.2, 0.25) is 0 Å². The van der Waals surface area contributed by atoms with Gasteiger partial charge in [-0.2, -0.15) is 13.2 Å². The molecule has 1 amide bonds. The molecule has 6 nitrogen and oxygen atoms in total. The minimum Gasteiger partial charge on any atom is -0.482 e. The number of rotatable bonds is 7. The molecule has 0 spiro atoms. The second-order valence-electron chi connectivity index (χ2n) is 4.55. The quantitative estimate of drug-likeness (QED) is 0.720. The number of amides is 1. The van der Waals surface area contributed by atoms with Crippen LogP contribution >= 0.6 is 12.4 Å². The highest BCUT2D eigenvalue weighted by Crippen LogP contribution is 2.28. The van der Waals surface area contributed by atoms with Gasteiger partial charge in [-0.3, -0.25) is 4.79 Å². The number of halogens is 4. The van der Waals surface area contributed by atoms with Crippen molar-refractivity contribution in [3.8, 4) is 5.75 Å². The van der Waals surface area contributed by atoms with Crippen molar-refractivity contribution in [2.24, 2.45) is 5.73 Å². The van der Waals surface area contributed by atoms with Crippen LogP contribution in [0.3, 0.4) is 0 Å². The van der Waals surface area contributed by atoms with Crippen LogP contribution in [0, 0.1) is 0 Å². The highest BCUT2D eigenvalue weighted by atomic mass is 35.5. The maximum atomic E-state index is 12.3. The summed E-state index contributed by atoms with van der Waals surface area (Å²) in [5.41, 5.74) is 5.32. The van der Waals surface area contributed by atoms with Crippen molar-refractivity contribution in [1.29, 1.82) is 0 Å². The number of nitrogens with one attached hydrogen (secondary N) is 1. The van der Waals surface area contributed by atoms with Crippen LogP contribution in [-0.2, 0) is 9.53 Å². The van der Waals surface area contributed by atoms with E-state index in [1.807, 2.05) is 0 Å². The zero-order valence-corrected chi connectivity index (χ0v) is 13.6. The molecular weight excluding hydrogens is 353 g/mol. The van der Waals surface area contributed by atoms with Crippen LogP contribution in [0.15, 0.2) is 18.2 Å². The molecule has 0 aliphatic heterocycles. The Balaban J connectivity index is 0.00000529. The first-order valence-corrected chi connectivity index (χ1v) is 6.68. The van der Waals surface area contributed by atoms with Crippen molar-refractivity contribution >= 4 is 30.0 Å². The van der Waals surface area contributed by atoms with Gasteiger partial charge in [-0.1, -0.05) is 0 Å². The van der Waals surface area contributed by atoms with Gasteiger partial charge in [0.25, 0.3) is 0 Å². The Morgan fingerprint density at radius 2 is 1.96 bits per heavy atom. The SMILES string of the molecule is COC(=O)c1ccc(NC(=O)CCCN)c(OCC(F)(F)F)c1.Cl. The lowest BCUT2D eigenvalue weighted by atomic mass is 10.2. The van der Waals surface area contributed by atoms with Crippen LogP contribution in [-0.4, -0.2) is 38.3 Å². The highest BCUT2D eigenvalue weighted by Gasteiger charge is 2.29. The Morgan fingerprint density at radius 1 is 1.29 bits per heavy atom. The molecule has 0 atom stereocenters. The van der Waals surface area contributed by atoms with Crippen molar-refractivity contribution in [3.05, 3.63) is 23.8 Å². The van der Waals surface area contributed by atoms with E-state index in [-0.39, 0.29) is 35.8 Å². The third-order valence-corrected chi connectivity index (χ3v) is 2.68. The topological polar surface area (TPSA) is 90.7 Å². The normalized spacial score (nSPS) is 10.5. The summed E-state index contributed by atoms with van der Waals surface area (Å²) in [4.78, 5) is 23.1. The summed E-state index contributed by atoms with van der Waals surface area (Å²) in [5.74, 6) is -1.42. The molecule has 0 radical (unpaired) electrons. The van der Waals surface area contributed by atoms with Gasteiger partial charge in [0.2, 0.25) is 5.91 Å². The van der Waals surface area contributed by atoms with Gasteiger partial charge in [-0.25, -0.2) is 4.79 Å². The summed E-state index contributed by atoms with van der Waals surface area (Å²) in [5, 5.41) is 2.43. The third kappa shape index (κ3) is 7.51. The van der Waals surface area contributed by atoms with E-state index in [0.717, 1.165) is 13.2 Å². The van der Waals surface area contributed by atoms with E-state index in [1.54, 1.807) is 0 Å². The summed E-state index contributed by atoms with van der Waals surface area (Å²) < 4.78 is 46.1. The summed E-state index contributed by atoms with van der Waals surface area (Å²) >= 11 is 0. The molecule has 0 saturated heterocycles. The van der Waals surface area contributed by atoms with Crippen LogP contribution in [0.1, 0.15) is 23.2 Å².